The van der Waals surface area contributed by atoms with Crippen molar-refractivity contribution in [1.29, 1.82) is 0 Å². The molecule has 1 aromatic carbocycles. The molecule has 0 saturated heterocycles. The third kappa shape index (κ3) is 3.81. The summed E-state index contributed by atoms with van der Waals surface area (Å²) in [5.41, 5.74) is 1.03. The lowest BCUT2D eigenvalue weighted by atomic mass is 10.2. The van der Waals surface area contributed by atoms with Crippen molar-refractivity contribution in [3.05, 3.63) is 40.7 Å². The maximum absolute atomic E-state index is 11.9. The fourth-order valence-electron chi connectivity index (χ4n) is 2.13. The Morgan fingerprint density at radius 2 is 2.09 bits per heavy atom. The molecule has 7 heteroatoms. The minimum Gasteiger partial charge on any atom is -0.351 e. The van der Waals surface area contributed by atoms with Crippen molar-refractivity contribution in [2.75, 3.05) is 5.75 Å². The molecule has 1 N–H and O–H groups in total. The van der Waals surface area contributed by atoms with E-state index in [1.165, 1.54) is 24.6 Å². The van der Waals surface area contributed by atoms with Crippen LogP contribution in [0.4, 0.5) is 0 Å². The monoisotopic (exact) mass is 336 g/mol. The van der Waals surface area contributed by atoms with Crippen LogP contribution in [-0.2, 0) is 18.4 Å². The standard InChI is InChI=1S/C15H17ClN4OS/c1-20-14(11-4-5-11)18-19-15(20)22-9-13(21)17-8-10-2-6-12(16)7-3-10/h2-3,6-7,11H,4-5,8-9H2,1H3,(H,17,21). The Kier molecular flexibility index (Phi) is 4.69. The molecule has 1 aliphatic carbocycles. The molecule has 1 fully saturated rings. The first-order valence-corrected chi connectivity index (χ1v) is 8.53. The first-order valence-electron chi connectivity index (χ1n) is 7.16. The molecule has 1 aliphatic rings. The number of amides is 1. The fraction of sp³-hybridized carbons (Fsp3) is 0.400. The fourth-order valence-corrected chi connectivity index (χ4v) is 3.01. The van der Waals surface area contributed by atoms with Crippen LogP contribution < -0.4 is 5.32 Å². The van der Waals surface area contributed by atoms with Gasteiger partial charge < -0.3 is 9.88 Å². The average molecular weight is 337 g/mol. The topological polar surface area (TPSA) is 59.8 Å². The van der Waals surface area contributed by atoms with E-state index in [9.17, 15) is 4.79 Å². The zero-order chi connectivity index (χ0) is 15.5. The number of carbonyl (C=O) groups is 1. The van der Waals surface area contributed by atoms with E-state index in [0.29, 0.717) is 23.2 Å². The van der Waals surface area contributed by atoms with Gasteiger partial charge in [-0.2, -0.15) is 0 Å². The van der Waals surface area contributed by atoms with Crippen molar-refractivity contribution < 1.29 is 4.79 Å². The van der Waals surface area contributed by atoms with Gasteiger partial charge in [0.15, 0.2) is 5.16 Å². The van der Waals surface area contributed by atoms with Crippen LogP contribution in [0, 0.1) is 0 Å². The predicted molar refractivity (Wildman–Crippen MR) is 87.0 cm³/mol. The summed E-state index contributed by atoms with van der Waals surface area (Å²) in [4.78, 5) is 11.9. The van der Waals surface area contributed by atoms with Crippen molar-refractivity contribution >= 4 is 29.3 Å². The second-order valence-corrected chi connectivity index (χ2v) is 6.74. The van der Waals surface area contributed by atoms with Gasteiger partial charge in [-0.15, -0.1) is 10.2 Å². The summed E-state index contributed by atoms with van der Waals surface area (Å²) >= 11 is 7.24. The van der Waals surface area contributed by atoms with Crippen LogP contribution in [0.1, 0.15) is 30.1 Å². The Balaban J connectivity index is 1.47. The molecule has 1 heterocycles. The van der Waals surface area contributed by atoms with E-state index < -0.39 is 0 Å². The minimum absolute atomic E-state index is 0.0177. The van der Waals surface area contributed by atoms with E-state index in [1.807, 2.05) is 35.9 Å². The smallest absolute Gasteiger partial charge is 0.230 e. The van der Waals surface area contributed by atoms with Gasteiger partial charge in [-0.05, 0) is 30.5 Å². The second kappa shape index (κ2) is 6.71. The number of aromatic nitrogens is 3. The molecule has 0 spiro atoms. The van der Waals surface area contributed by atoms with Gasteiger partial charge >= 0.3 is 0 Å². The van der Waals surface area contributed by atoms with Crippen LogP contribution in [0.5, 0.6) is 0 Å². The lowest BCUT2D eigenvalue weighted by Gasteiger charge is -2.06. The number of halogens is 1. The van der Waals surface area contributed by atoms with Crippen molar-refractivity contribution in [1.82, 2.24) is 20.1 Å². The molecule has 0 unspecified atom stereocenters. The highest BCUT2D eigenvalue weighted by atomic mass is 35.5. The van der Waals surface area contributed by atoms with E-state index in [-0.39, 0.29) is 5.91 Å². The molecule has 0 bridgehead atoms. The molecule has 0 atom stereocenters. The lowest BCUT2D eigenvalue weighted by molar-refractivity contribution is -0.118. The van der Waals surface area contributed by atoms with E-state index in [0.717, 1.165) is 16.5 Å². The summed E-state index contributed by atoms with van der Waals surface area (Å²) in [7, 11) is 1.96. The molecular formula is C15H17ClN4OS. The number of benzene rings is 1. The normalized spacial score (nSPS) is 14.1. The van der Waals surface area contributed by atoms with E-state index in [2.05, 4.69) is 15.5 Å². The number of thioether (sulfide) groups is 1. The summed E-state index contributed by atoms with van der Waals surface area (Å²) in [6.07, 6.45) is 2.39. The molecule has 1 amide bonds. The summed E-state index contributed by atoms with van der Waals surface area (Å²) < 4.78 is 1.99. The van der Waals surface area contributed by atoms with Gasteiger partial charge in [-0.1, -0.05) is 35.5 Å². The van der Waals surface area contributed by atoms with Crippen LogP contribution in [0.15, 0.2) is 29.4 Å². The van der Waals surface area contributed by atoms with Gasteiger partial charge in [0, 0.05) is 24.5 Å². The number of hydrogen-bond acceptors (Lipinski definition) is 4. The first kappa shape index (κ1) is 15.4. The van der Waals surface area contributed by atoms with Gasteiger partial charge in [0.2, 0.25) is 5.91 Å². The molecule has 116 valence electrons. The number of nitrogens with zero attached hydrogens (tertiary/aromatic N) is 3. The maximum atomic E-state index is 11.9. The summed E-state index contributed by atoms with van der Waals surface area (Å²) in [6, 6.07) is 7.44. The first-order chi connectivity index (χ1) is 10.6. The van der Waals surface area contributed by atoms with Gasteiger partial charge in [0.1, 0.15) is 5.82 Å². The van der Waals surface area contributed by atoms with E-state index in [4.69, 9.17) is 11.6 Å². The van der Waals surface area contributed by atoms with E-state index >= 15 is 0 Å². The highest BCUT2D eigenvalue weighted by Gasteiger charge is 2.29. The molecule has 1 saturated carbocycles. The third-order valence-electron chi connectivity index (χ3n) is 3.55. The number of carbonyl (C=O) groups excluding carboxylic acids is 1. The quantitative estimate of drug-likeness (QED) is 0.824. The molecule has 2 aromatic rings. The number of rotatable bonds is 6. The van der Waals surface area contributed by atoms with Gasteiger partial charge in [0.25, 0.3) is 0 Å². The number of nitrogens with one attached hydrogen (secondary N) is 1. The second-order valence-electron chi connectivity index (χ2n) is 5.37. The summed E-state index contributed by atoms with van der Waals surface area (Å²) in [6.45, 7) is 0.503. The molecule has 0 aliphatic heterocycles. The van der Waals surface area contributed by atoms with Crippen molar-refractivity contribution in [3.8, 4) is 0 Å². The molecular weight excluding hydrogens is 320 g/mol. The SMILES string of the molecule is Cn1c(SCC(=O)NCc2ccc(Cl)cc2)nnc1C1CC1. The van der Waals surface area contributed by atoms with Gasteiger partial charge in [0.05, 0.1) is 5.75 Å². The maximum Gasteiger partial charge on any atom is 0.230 e. The lowest BCUT2D eigenvalue weighted by Crippen LogP contribution is -2.24. The third-order valence-corrected chi connectivity index (χ3v) is 4.82. The highest BCUT2D eigenvalue weighted by molar-refractivity contribution is 7.99. The van der Waals surface area contributed by atoms with Crippen LogP contribution in [-0.4, -0.2) is 26.4 Å². The Morgan fingerprint density at radius 3 is 2.77 bits per heavy atom. The van der Waals surface area contributed by atoms with Crippen LogP contribution in [0.2, 0.25) is 5.02 Å². The summed E-state index contributed by atoms with van der Waals surface area (Å²) in [5.74, 6) is 1.91. The molecule has 5 nitrogen and oxygen atoms in total. The number of hydrogen-bond donors (Lipinski definition) is 1. The van der Waals surface area contributed by atoms with Gasteiger partial charge in [-0.3, -0.25) is 4.79 Å². The zero-order valence-electron chi connectivity index (χ0n) is 12.3. The Hall–Kier alpha value is -1.53. The average Bonchev–Trinajstić information content (AvgIpc) is 3.29. The largest absolute Gasteiger partial charge is 0.351 e. The molecule has 0 radical (unpaired) electrons. The van der Waals surface area contributed by atoms with Gasteiger partial charge in [-0.25, -0.2) is 0 Å². The Bertz CT molecular complexity index is 667. The predicted octanol–water partition coefficient (Wildman–Crippen LogP) is 2.75. The van der Waals surface area contributed by atoms with Crippen molar-refractivity contribution in [2.45, 2.75) is 30.5 Å². The van der Waals surface area contributed by atoms with Crippen molar-refractivity contribution in [2.24, 2.45) is 7.05 Å². The minimum atomic E-state index is -0.0177. The van der Waals surface area contributed by atoms with Crippen LogP contribution >= 0.6 is 23.4 Å². The molecule has 3 rings (SSSR count). The molecule has 1 aromatic heterocycles. The van der Waals surface area contributed by atoms with Crippen LogP contribution in [0.3, 0.4) is 0 Å². The Labute approximate surface area is 138 Å². The zero-order valence-corrected chi connectivity index (χ0v) is 13.8. The van der Waals surface area contributed by atoms with E-state index in [1.54, 1.807) is 0 Å². The van der Waals surface area contributed by atoms with Crippen molar-refractivity contribution in [3.63, 3.8) is 0 Å². The highest BCUT2D eigenvalue weighted by Crippen LogP contribution is 2.39. The molecule has 22 heavy (non-hydrogen) atoms. The Morgan fingerprint density at radius 1 is 1.36 bits per heavy atom. The van der Waals surface area contributed by atoms with Crippen LogP contribution in [0.25, 0.3) is 0 Å². The summed E-state index contributed by atoms with van der Waals surface area (Å²) in [5, 5.41) is 12.7.